The highest BCUT2D eigenvalue weighted by Crippen LogP contribution is 2.33. The summed E-state index contributed by atoms with van der Waals surface area (Å²) in [6.07, 6.45) is 0. The van der Waals surface area contributed by atoms with Crippen LogP contribution in [0.3, 0.4) is 0 Å². The first-order chi connectivity index (χ1) is 14.0. The topological polar surface area (TPSA) is 55.6 Å². The summed E-state index contributed by atoms with van der Waals surface area (Å²) in [5, 5.41) is 0.653. The van der Waals surface area contributed by atoms with Gasteiger partial charge in [0.05, 0.1) is 28.9 Å². The molecule has 1 amide bonds. The van der Waals surface area contributed by atoms with Crippen LogP contribution in [0, 0.1) is 13.8 Å². The van der Waals surface area contributed by atoms with E-state index in [1.165, 1.54) is 11.3 Å². The Morgan fingerprint density at radius 3 is 2.62 bits per heavy atom. The average Bonchev–Trinajstić information content (AvgIpc) is 3.28. The van der Waals surface area contributed by atoms with Crippen molar-refractivity contribution in [3.05, 3.63) is 77.2 Å². The van der Waals surface area contributed by atoms with Gasteiger partial charge in [0.25, 0.3) is 5.91 Å². The first-order valence-electron chi connectivity index (χ1n) is 9.51. The first kappa shape index (κ1) is 19.2. The zero-order chi connectivity index (χ0) is 20.4. The van der Waals surface area contributed by atoms with E-state index in [0.717, 1.165) is 27.3 Å². The van der Waals surface area contributed by atoms with Gasteiger partial charge in [-0.1, -0.05) is 41.7 Å². The van der Waals surface area contributed by atoms with E-state index < -0.39 is 0 Å². The lowest BCUT2D eigenvalue weighted by Gasteiger charge is -2.19. The molecule has 0 N–H and O–H groups in total. The van der Waals surface area contributed by atoms with Crippen molar-refractivity contribution in [1.82, 2.24) is 4.98 Å². The molecule has 4 aromatic rings. The fourth-order valence-corrected chi connectivity index (χ4v) is 4.24. The summed E-state index contributed by atoms with van der Waals surface area (Å²) in [6, 6.07) is 17.5. The van der Waals surface area contributed by atoms with Crippen LogP contribution in [0.2, 0.25) is 0 Å². The molecule has 0 radical (unpaired) electrons. The van der Waals surface area contributed by atoms with Crippen molar-refractivity contribution in [3.63, 3.8) is 0 Å². The van der Waals surface area contributed by atoms with Gasteiger partial charge < -0.3 is 9.15 Å². The van der Waals surface area contributed by atoms with Crippen molar-refractivity contribution < 1.29 is 13.9 Å². The van der Waals surface area contributed by atoms with Crippen molar-refractivity contribution in [2.75, 3.05) is 11.5 Å². The summed E-state index contributed by atoms with van der Waals surface area (Å²) >= 11 is 1.48. The van der Waals surface area contributed by atoms with Crippen LogP contribution in [0.25, 0.3) is 10.2 Å². The predicted molar refractivity (Wildman–Crippen MR) is 116 cm³/mol. The smallest absolute Gasteiger partial charge is 0.263 e. The summed E-state index contributed by atoms with van der Waals surface area (Å²) in [6.45, 7) is 6.65. The highest BCUT2D eigenvalue weighted by Gasteiger charge is 2.25. The molecule has 0 spiro atoms. The normalized spacial score (nSPS) is 11.0. The van der Waals surface area contributed by atoms with Gasteiger partial charge in [0.1, 0.15) is 17.3 Å². The van der Waals surface area contributed by atoms with Gasteiger partial charge in [0.15, 0.2) is 5.13 Å². The second kappa shape index (κ2) is 8.09. The highest BCUT2D eigenvalue weighted by atomic mass is 32.1. The summed E-state index contributed by atoms with van der Waals surface area (Å²) in [5.41, 5.74) is 2.44. The van der Waals surface area contributed by atoms with Crippen molar-refractivity contribution in [2.45, 2.75) is 27.3 Å². The molecular weight excluding hydrogens is 384 g/mol. The molecule has 0 bridgehead atoms. The Hall–Kier alpha value is -3.12. The molecule has 6 heteroatoms. The highest BCUT2D eigenvalue weighted by molar-refractivity contribution is 7.22. The third-order valence-corrected chi connectivity index (χ3v) is 5.63. The molecular formula is C23H22N2O3S. The molecule has 29 heavy (non-hydrogen) atoms. The number of amides is 1. The first-order valence-corrected chi connectivity index (χ1v) is 10.3. The third kappa shape index (κ3) is 4.03. The Bertz CT molecular complexity index is 1150. The van der Waals surface area contributed by atoms with Gasteiger partial charge >= 0.3 is 0 Å². The number of hydrogen-bond donors (Lipinski definition) is 0. The molecule has 2 heterocycles. The number of hydrogen-bond acceptors (Lipinski definition) is 5. The zero-order valence-corrected chi connectivity index (χ0v) is 17.5. The Kier molecular flexibility index (Phi) is 5.36. The number of carbonyl (C=O) groups excluding carboxylic acids is 1. The van der Waals surface area contributed by atoms with E-state index in [9.17, 15) is 4.79 Å². The standard InChI is InChI=1S/C23H22N2O3S/c1-4-27-18-10-11-20-21(13-18)29-23(24-20)25(14-17-8-6-5-7-9-17)22(26)19-12-15(2)28-16(19)3/h5-13H,4,14H2,1-3H3. The molecule has 0 fully saturated rings. The SMILES string of the molecule is CCOc1ccc2nc(N(Cc3ccccc3)C(=O)c3cc(C)oc3C)sc2c1. The van der Waals surface area contributed by atoms with Gasteiger partial charge in [-0.05, 0) is 50.6 Å². The number of aromatic nitrogens is 1. The summed E-state index contributed by atoms with van der Waals surface area (Å²) in [4.78, 5) is 19.9. The molecule has 5 nitrogen and oxygen atoms in total. The Balaban J connectivity index is 1.76. The lowest BCUT2D eigenvalue weighted by Crippen LogP contribution is -2.30. The van der Waals surface area contributed by atoms with E-state index in [0.29, 0.717) is 29.6 Å². The molecule has 2 aromatic heterocycles. The Morgan fingerprint density at radius 2 is 1.93 bits per heavy atom. The predicted octanol–water partition coefficient (Wildman–Crippen LogP) is 5.75. The minimum Gasteiger partial charge on any atom is -0.494 e. The largest absolute Gasteiger partial charge is 0.494 e. The van der Waals surface area contributed by atoms with Crippen molar-refractivity contribution in [2.24, 2.45) is 0 Å². The van der Waals surface area contributed by atoms with Crippen LogP contribution in [-0.2, 0) is 6.54 Å². The molecule has 0 saturated heterocycles. The van der Waals surface area contributed by atoms with Crippen LogP contribution in [0.1, 0.15) is 34.4 Å². The number of benzene rings is 2. The van der Waals surface area contributed by atoms with Gasteiger partial charge in [-0.25, -0.2) is 4.98 Å². The van der Waals surface area contributed by atoms with Gasteiger partial charge in [-0.15, -0.1) is 0 Å². The van der Waals surface area contributed by atoms with Crippen LogP contribution < -0.4 is 9.64 Å². The van der Waals surface area contributed by atoms with Gasteiger partial charge in [-0.3, -0.25) is 9.69 Å². The minimum atomic E-state index is -0.118. The fraction of sp³-hybridized carbons (Fsp3) is 0.217. The van der Waals surface area contributed by atoms with Crippen molar-refractivity contribution in [1.29, 1.82) is 0 Å². The molecule has 4 rings (SSSR count). The summed E-state index contributed by atoms with van der Waals surface area (Å²) in [7, 11) is 0. The van der Waals surface area contributed by atoms with E-state index in [2.05, 4.69) is 0 Å². The number of furan rings is 1. The maximum Gasteiger partial charge on any atom is 0.263 e. The number of carbonyl (C=O) groups is 1. The van der Waals surface area contributed by atoms with Crippen LogP contribution in [0.4, 0.5) is 5.13 Å². The molecule has 0 aliphatic carbocycles. The Morgan fingerprint density at radius 1 is 1.14 bits per heavy atom. The van der Waals surface area contributed by atoms with Crippen LogP contribution in [-0.4, -0.2) is 17.5 Å². The number of anilines is 1. The molecule has 148 valence electrons. The maximum absolute atomic E-state index is 13.4. The van der Waals surface area contributed by atoms with Crippen LogP contribution in [0.15, 0.2) is 59.0 Å². The average molecular weight is 407 g/mol. The van der Waals surface area contributed by atoms with Crippen LogP contribution >= 0.6 is 11.3 Å². The maximum atomic E-state index is 13.4. The van der Waals surface area contributed by atoms with E-state index >= 15 is 0 Å². The molecule has 2 aromatic carbocycles. The molecule has 0 aliphatic rings. The van der Waals surface area contributed by atoms with Gasteiger partial charge in [0.2, 0.25) is 0 Å². The lowest BCUT2D eigenvalue weighted by atomic mass is 10.2. The number of rotatable bonds is 6. The monoisotopic (exact) mass is 406 g/mol. The van der Waals surface area contributed by atoms with E-state index in [1.54, 1.807) is 11.0 Å². The third-order valence-electron chi connectivity index (χ3n) is 4.59. The summed E-state index contributed by atoms with van der Waals surface area (Å²) in [5.74, 6) is 2.02. The zero-order valence-electron chi connectivity index (χ0n) is 16.6. The van der Waals surface area contributed by atoms with Crippen molar-refractivity contribution in [3.8, 4) is 5.75 Å². The fourth-order valence-electron chi connectivity index (χ4n) is 3.25. The quantitative estimate of drug-likeness (QED) is 0.409. The van der Waals surface area contributed by atoms with Crippen LogP contribution in [0.5, 0.6) is 5.75 Å². The second-order valence-electron chi connectivity index (χ2n) is 6.76. The summed E-state index contributed by atoms with van der Waals surface area (Å²) < 4.78 is 12.2. The molecule has 0 atom stereocenters. The van der Waals surface area contributed by atoms with Gasteiger partial charge in [0, 0.05) is 0 Å². The molecule has 0 aliphatic heterocycles. The lowest BCUT2D eigenvalue weighted by molar-refractivity contribution is 0.0983. The van der Waals surface area contributed by atoms with Crippen molar-refractivity contribution >= 4 is 32.6 Å². The number of fused-ring (bicyclic) bond motifs is 1. The molecule has 0 unspecified atom stereocenters. The van der Waals surface area contributed by atoms with E-state index in [1.807, 2.05) is 69.3 Å². The van der Waals surface area contributed by atoms with E-state index in [-0.39, 0.29) is 5.91 Å². The number of nitrogens with zero attached hydrogens (tertiary/aromatic N) is 2. The second-order valence-corrected chi connectivity index (χ2v) is 7.77. The molecule has 0 saturated carbocycles. The Labute approximate surface area is 173 Å². The number of aryl methyl sites for hydroxylation is 2. The van der Waals surface area contributed by atoms with E-state index in [4.69, 9.17) is 14.1 Å². The number of thiazole rings is 1. The number of ether oxygens (including phenoxy) is 1. The van der Waals surface area contributed by atoms with Gasteiger partial charge in [-0.2, -0.15) is 0 Å². The minimum absolute atomic E-state index is 0.118.